The number of methoxy groups -OCH3 is 1. The predicted octanol–water partition coefficient (Wildman–Crippen LogP) is 4.88. The minimum absolute atomic E-state index is 0.0196. The largest absolute Gasteiger partial charge is 0.496 e. The summed E-state index contributed by atoms with van der Waals surface area (Å²) in [5.74, 6) is 0.687. The summed E-state index contributed by atoms with van der Waals surface area (Å²) in [5, 5.41) is 51.4. The fourth-order valence-corrected chi connectivity index (χ4v) is 5.72. The summed E-state index contributed by atoms with van der Waals surface area (Å²) < 4.78 is 16.8. The zero-order chi connectivity index (χ0) is 33.0. The fraction of sp³-hybridized carbons (Fsp3) is 0.686. The van der Waals surface area contributed by atoms with E-state index in [1.54, 1.807) is 26.0 Å². The van der Waals surface area contributed by atoms with E-state index in [1.165, 1.54) is 50.9 Å². The van der Waals surface area contributed by atoms with Crippen LogP contribution in [0.2, 0.25) is 0 Å². The van der Waals surface area contributed by atoms with Crippen molar-refractivity contribution in [3.63, 3.8) is 0 Å². The summed E-state index contributed by atoms with van der Waals surface area (Å²) in [6, 6.07) is 1.47. The molecule has 7 atom stereocenters. The lowest BCUT2D eigenvalue weighted by molar-refractivity contribution is -0.180. The van der Waals surface area contributed by atoms with E-state index >= 15 is 0 Å². The van der Waals surface area contributed by atoms with Crippen LogP contribution in [0.3, 0.4) is 0 Å². The van der Waals surface area contributed by atoms with E-state index in [2.05, 4.69) is 26.8 Å². The first-order valence-electron chi connectivity index (χ1n) is 16.0. The second-order valence-electron chi connectivity index (χ2n) is 13.0. The third-order valence-corrected chi connectivity index (χ3v) is 8.53. The topological polar surface area (TPSA) is 150 Å². The molecule has 0 radical (unpaired) electrons. The van der Waals surface area contributed by atoms with Crippen LogP contribution in [-0.4, -0.2) is 70.3 Å². The van der Waals surface area contributed by atoms with E-state index in [-0.39, 0.29) is 36.0 Å². The molecule has 1 saturated heterocycles. The van der Waals surface area contributed by atoms with E-state index in [9.17, 15) is 30.3 Å². The Hall–Kier alpha value is -2.27. The summed E-state index contributed by atoms with van der Waals surface area (Å²) >= 11 is 0. The molecule has 3 unspecified atom stereocenters. The first-order valence-corrected chi connectivity index (χ1v) is 16.0. The van der Waals surface area contributed by atoms with Crippen molar-refractivity contribution in [2.24, 2.45) is 11.8 Å². The van der Waals surface area contributed by atoms with Gasteiger partial charge in [0.1, 0.15) is 29.3 Å². The van der Waals surface area contributed by atoms with Crippen molar-refractivity contribution < 1.29 is 39.4 Å². The minimum Gasteiger partial charge on any atom is -0.496 e. The van der Waals surface area contributed by atoms with Crippen LogP contribution in [0.25, 0.3) is 0 Å². The quantitative estimate of drug-likeness (QED) is 0.0932. The van der Waals surface area contributed by atoms with Gasteiger partial charge in [-0.2, -0.15) is 0 Å². The SMILES string of the molecule is CCCCCCC(C)C/C(C)=C\C(/C=C(C)/C=C/C(O)C(C)(C)c1cc(OC)c([C@@H]2O[C@H](CO)C[C@H](O)[C@H]2O)c(=O)o1)CO. The first-order chi connectivity index (χ1) is 20.8. The molecule has 5 N–H and O–H groups in total. The Morgan fingerprint density at radius 1 is 1.16 bits per heavy atom. The summed E-state index contributed by atoms with van der Waals surface area (Å²) in [6.07, 6.45) is 9.04. The molecule has 1 aromatic heterocycles. The Kier molecular flexibility index (Phi) is 15.5. The van der Waals surface area contributed by atoms with Crippen LogP contribution < -0.4 is 10.4 Å². The van der Waals surface area contributed by atoms with Gasteiger partial charge < -0.3 is 39.4 Å². The number of allylic oxidation sites excluding steroid dienone is 3. The molecule has 1 fully saturated rings. The van der Waals surface area contributed by atoms with Crippen molar-refractivity contribution in [1.82, 2.24) is 0 Å². The average Bonchev–Trinajstić information content (AvgIpc) is 2.98. The lowest BCUT2D eigenvalue weighted by Crippen LogP contribution is -2.46. The Morgan fingerprint density at radius 2 is 1.86 bits per heavy atom. The number of hydrogen-bond acceptors (Lipinski definition) is 9. The summed E-state index contributed by atoms with van der Waals surface area (Å²) in [4.78, 5) is 13.2. The van der Waals surface area contributed by atoms with Gasteiger partial charge >= 0.3 is 5.63 Å². The number of hydrogen-bond donors (Lipinski definition) is 5. The molecule has 0 aliphatic carbocycles. The molecule has 1 aromatic rings. The van der Waals surface area contributed by atoms with Crippen LogP contribution >= 0.6 is 0 Å². The lowest BCUT2D eigenvalue weighted by atomic mass is 9.82. The van der Waals surface area contributed by atoms with Crippen molar-refractivity contribution in [2.75, 3.05) is 20.3 Å². The maximum Gasteiger partial charge on any atom is 0.345 e. The van der Waals surface area contributed by atoms with Gasteiger partial charge in [-0.3, -0.25) is 0 Å². The van der Waals surface area contributed by atoms with Gasteiger partial charge in [0.25, 0.3) is 0 Å². The highest BCUT2D eigenvalue weighted by molar-refractivity contribution is 5.37. The fourth-order valence-electron chi connectivity index (χ4n) is 5.72. The van der Waals surface area contributed by atoms with Gasteiger partial charge in [0.05, 0.1) is 44.1 Å². The summed E-state index contributed by atoms with van der Waals surface area (Å²) in [7, 11) is 1.36. The van der Waals surface area contributed by atoms with Crippen LogP contribution in [0.15, 0.2) is 50.7 Å². The van der Waals surface area contributed by atoms with Crippen LogP contribution in [0.5, 0.6) is 5.75 Å². The normalized spacial score (nSPS) is 24.0. The number of ether oxygens (including phenoxy) is 2. The second kappa shape index (κ2) is 18.0. The molecule has 0 saturated carbocycles. The number of rotatable bonds is 17. The van der Waals surface area contributed by atoms with E-state index in [4.69, 9.17) is 13.9 Å². The third kappa shape index (κ3) is 10.7. The minimum atomic E-state index is -1.42. The lowest BCUT2D eigenvalue weighted by Gasteiger charge is -2.36. The zero-order valence-corrected chi connectivity index (χ0v) is 27.7. The highest BCUT2D eigenvalue weighted by Gasteiger charge is 2.42. The van der Waals surface area contributed by atoms with Crippen LogP contribution in [0.4, 0.5) is 0 Å². The monoisotopic (exact) mass is 620 g/mol. The molecule has 0 bridgehead atoms. The average molecular weight is 621 g/mol. The Labute approximate surface area is 262 Å². The second-order valence-corrected chi connectivity index (χ2v) is 13.0. The number of unbranched alkanes of at least 4 members (excludes halogenated alkanes) is 3. The molecule has 250 valence electrons. The molecule has 1 aliphatic rings. The smallest absolute Gasteiger partial charge is 0.345 e. The van der Waals surface area contributed by atoms with Gasteiger partial charge in [-0.25, -0.2) is 4.79 Å². The molecule has 44 heavy (non-hydrogen) atoms. The Bertz CT molecular complexity index is 1170. The number of aliphatic hydroxyl groups excluding tert-OH is 5. The molecule has 0 amide bonds. The predicted molar refractivity (Wildman–Crippen MR) is 172 cm³/mol. The van der Waals surface area contributed by atoms with Crippen molar-refractivity contribution in [1.29, 1.82) is 0 Å². The van der Waals surface area contributed by atoms with E-state index < -0.39 is 48.2 Å². The van der Waals surface area contributed by atoms with Crippen molar-refractivity contribution in [3.8, 4) is 5.75 Å². The van der Waals surface area contributed by atoms with Gasteiger partial charge in [-0.05, 0) is 40.0 Å². The van der Waals surface area contributed by atoms with Gasteiger partial charge in [0, 0.05) is 18.4 Å². The van der Waals surface area contributed by atoms with Crippen LogP contribution in [-0.2, 0) is 10.2 Å². The van der Waals surface area contributed by atoms with Gasteiger partial charge in [0.2, 0.25) is 0 Å². The van der Waals surface area contributed by atoms with E-state index in [0.717, 1.165) is 12.0 Å². The number of aliphatic hydroxyl groups is 5. The standard InChI is InChI=1S/C35H56O9/c1-8-9-10-11-12-22(2)15-24(4)17-25(20-36)16-23(3)13-14-29(39)35(5,6)30-19-28(42-7)31(34(41)44-30)33-32(40)27(38)18-26(21-37)43-33/h13-14,16-17,19,22,25-27,29,32-33,36-40H,8-12,15,18,20-21H2,1-7H3/b14-13+,23-16+,24-17-/t22?,25?,26-,27-,29?,32+,33-/m0/s1. The molecular weight excluding hydrogens is 564 g/mol. The maximum absolute atomic E-state index is 13.2. The highest BCUT2D eigenvalue weighted by atomic mass is 16.5. The summed E-state index contributed by atoms with van der Waals surface area (Å²) in [6.45, 7) is 11.5. The highest BCUT2D eigenvalue weighted by Crippen LogP contribution is 2.37. The molecule has 9 heteroatoms. The zero-order valence-electron chi connectivity index (χ0n) is 27.7. The Morgan fingerprint density at radius 3 is 2.48 bits per heavy atom. The molecule has 2 rings (SSSR count). The van der Waals surface area contributed by atoms with E-state index in [1.807, 2.05) is 13.0 Å². The molecule has 2 heterocycles. The van der Waals surface area contributed by atoms with E-state index in [0.29, 0.717) is 5.92 Å². The molecular formula is C35H56O9. The van der Waals surface area contributed by atoms with Crippen LogP contribution in [0, 0.1) is 11.8 Å². The van der Waals surface area contributed by atoms with Crippen LogP contribution in [0.1, 0.15) is 104 Å². The van der Waals surface area contributed by atoms with Crippen molar-refractivity contribution >= 4 is 0 Å². The van der Waals surface area contributed by atoms with Crippen molar-refractivity contribution in [2.45, 2.75) is 122 Å². The van der Waals surface area contributed by atoms with Gasteiger partial charge in [0.15, 0.2) is 0 Å². The molecule has 0 spiro atoms. The first kappa shape index (κ1) is 37.9. The van der Waals surface area contributed by atoms with Gasteiger partial charge in [-0.15, -0.1) is 0 Å². The Balaban J connectivity index is 2.19. The van der Waals surface area contributed by atoms with Gasteiger partial charge in [-0.1, -0.05) is 81.4 Å². The molecule has 0 aromatic carbocycles. The molecule has 9 nitrogen and oxygen atoms in total. The third-order valence-electron chi connectivity index (χ3n) is 8.53. The summed E-state index contributed by atoms with van der Waals surface area (Å²) in [5.41, 5.74) is 0.121. The molecule has 1 aliphatic heterocycles. The van der Waals surface area contributed by atoms with Crippen molar-refractivity contribution in [3.05, 3.63) is 63.3 Å². The maximum atomic E-state index is 13.2.